The molecule has 1 aliphatic heterocycles. The summed E-state index contributed by atoms with van der Waals surface area (Å²) in [6.07, 6.45) is 0.222. The van der Waals surface area contributed by atoms with Gasteiger partial charge >= 0.3 is 0 Å². The van der Waals surface area contributed by atoms with Crippen LogP contribution in [-0.2, 0) is 11.2 Å². The molecule has 2 aromatic carbocycles. The molecule has 0 saturated heterocycles. The number of ether oxygens (including phenoxy) is 1. The van der Waals surface area contributed by atoms with Crippen molar-refractivity contribution in [2.45, 2.75) is 13.3 Å². The predicted molar refractivity (Wildman–Crippen MR) is 79.7 cm³/mol. The highest BCUT2D eigenvalue weighted by Gasteiger charge is 2.33. The Hall–Kier alpha value is -2.62. The van der Waals surface area contributed by atoms with Crippen LogP contribution in [0.1, 0.15) is 21.5 Å². The van der Waals surface area contributed by atoms with Crippen LogP contribution in [-0.4, -0.2) is 18.9 Å². The first-order chi connectivity index (χ1) is 10.1. The zero-order chi connectivity index (χ0) is 15.0. The molecule has 0 fully saturated rings. The molecule has 0 bridgehead atoms. The number of methoxy groups -OCH3 is 1. The molecular formula is C17H15NO3. The number of amides is 2. The second-order valence-electron chi connectivity index (χ2n) is 5.02. The molecule has 0 N–H and O–H groups in total. The summed E-state index contributed by atoms with van der Waals surface area (Å²) in [4.78, 5) is 26.3. The minimum absolute atomic E-state index is 0.202. The Morgan fingerprint density at radius 2 is 1.86 bits per heavy atom. The molecule has 0 atom stereocenters. The molecule has 0 saturated carbocycles. The number of rotatable bonds is 2. The van der Waals surface area contributed by atoms with Gasteiger partial charge < -0.3 is 4.74 Å². The van der Waals surface area contributed by atoms with Crippen molar-refractivity contribution >= 4 is 17.5 Å². The van der Waals surface area contributed by atoms with Crippen LogP contribution in [0.2, 0.25) is 0 Å². The smallest absolute Gasteiger partial charge is 0.265 e. The van der Waals surface area contributed by atoms with Gasteiger partial charge in [-0.15, -0.1) is 0 Å². The first-order valence-electron chi connectivity index (χ1n) is 6.71. The molecule has 21 heavy (non-hydrogen) atoms. The highest BCUT2D eigenvalue weighted by molar-refractivity contribution is 6.25. The second-order valence-corrected chi connectivity index (χ2v) is 5.02. The number of imide groups is 1. The van der Waals surface area contributed by atoms with Crippen molar-refractivity contribution in [2.24, 2.45) is 0 Å². The number of carbonyl (C=O) groups excluding carboxylic acids is 2. The van der Waals surface area contributed by atoms with Gasteiger partial charge in [-0.25, -0.2) is 4.90 Å². The van der Waals surface area contributed by atoms with Crippen LogP contribution in [0.3, 0.4) is 0 Å². The van der Waals surface area contributed by atoms with Gasteiger partial charge in [0.2, 0.25) is 5.91 Å². The third-order valence-electron chi connectivity index (χ3n) is 3.70. The van der Waals surface area contributed by atoms with Crippen molar-refractivity contribution in [2.75, 3.05) is 12.0 Å². The van der Waals surface area contributed by atoms with E-state index in [1.165, 1.54) is 4.90 Å². The second kappa shape index (κ2) is 5.05. The van der Waals surface area contributed by atoms with E-state index in [-0.39, 0.29) is 18.2 Å². The fourth-order valence-electron chi connectivity index (χ4n) is 2.57. The van der Waals surface area contributed by atoms with Crippen molar-refractivity contribution in [1.82, 2.24) is 0 Å². The van der Waals surface area contributed by atoms with E-state index in [1.54, 1.807) is 31.4 Å². The van der Waals surface area contributed by atoms with E-state index >= 15 is 0 Å². The summed E-state index contributed by atoms with van der Waals surface area (Å²) >= 11 is 0. The molecule has 0 aromatic heterocycles. The first kappa shape index (κ1) is 13.4. The zero-order valence-electron chi connectivity index (χ0n) is 11.9. The van der Waals surface area contributed by atoms with Crippen LogP contribution in [0, 0.1) is 6.92 Å². The molecule has 4 nitrogen and oxygen atoms in total. The quantitative estimate of drug-likeness (QED) is 0.795. The summed E-state index contributed by atoms with van der Waals surface area (Å²) in [5, 5.41) is 0. The van der Waals surface area contributed by atoms with Gasteiger partial charge in [0.15, 0.2) is 0 Å². The molecular weight excluding hydrogens is 266 g/mol. The van der Waals surface area contributed by atoms with E-state index in [9.17, 15) is 9.59 Å². The Balaban J connectivity index is 2.11. The van der Waals surface area contributed by atoms with E-state index in [0.717, 1.165) is 11.1 Å². The van der Waals surface area contributed by atoms with Gasteiger partial charge in [-0.1, -0.05) is 24.3 Å². The lowest BCUT2D eigenvalue weighted by atomic mass is 9.97. The maximum atomic E-state index is 12.7. The molecule has 4 heteroatoms. The normalized spacial score (nSPS) is 14.1. The Morgan fingerprint density at radius 1 is 1.10 bits per heavy atom. The SMILES string of the molecule is COc1ccc2c(c1)C(=O)N(c1ccccc1C)C(=O)C2. The Kier molecular flexibility index (Phi) is 3.22. The third-order valence-corrected chi connectivity index (χ3v) is 3.70. The lowest BCUT2D eigenvalue weighted by Gasteiger charge is -2.28. The first-order valence-corrected chi connectivity index (χ1v) is 6.71. The molecule has 106 valence electrons. The van der Waals surface area contributed by atoms with E-state index in [1.807, 2.05) is 25.1 Å². The minimum atomic E-state index is -0.297. The van der Waals surface area contributed by atoms with Gasteiger partial charge in [0, 0.05) is 5.56 Å². The van der Waals surface area contributed by atoms with Crippen LogP contribution in [0.15, 0.2) is 42.5 Å². The number of anilines is 1. The number of carbonyl (C=O) groups is 2. The largest absolute Gasteiger partial charge is 0.497 e. The van der Waals surface area contributed by atoms with Crippen LogP contribution >= 0.6 is 0 Å². The highest BCUT2D eigenvalue weighted by Crippen LogP contribution is 2.29. The number of fused-ring (bicyclic) bond motifs is 1. The predicted octanol–water partition coefficient (Wildman–Crippen LogP) is 2.73. The molecule has 0 unspecified atom stereocenters. The Morgan fingerprint density at radius 3 is 2.57 bits per heavy atom. The molecule has 0 radical (unpaired) electrons. The summed E-state index contributed by atoms with van der Waals surface area (Å²) in [6, 6.07) is 12.6. The monoisotopic (exact) mass is 281 g/mol. The maximum absolute atomic E-state index is 12.7. The van der Waals surface area contributed by atoms with Gasteiger partial charge in [-0.2, -0.15) is 0 Å². The molecule has 2 amide bonds. The summed E-state index contributed by atoms with van der Waals surface area (Å²) in [6.45, 7) is 1.89. The number of nitrogens with zero attached hydrogens (tertiary/aromatic N) is 1. The average Bonchev–Trinajstić information content (AvgIpc) is 2.49. The van der Waals surface area contributed by atoms with Gasteiger partial charge in [0.1, 0.15) is 5.75 Å². The molecule has 2 aromatic rings. The van der Waals surface area contributed by atoms with Crippen LogP contribution in [0.4, 0.5) is 5.69 Å². The van der Waals surface area contributed by atoms with E-state index < -0.39 is 0 Å². The van der Waals surface area contributed by atoms with Crippen LogP contribution < -0.4 is 9.64 Å². The Labute approximate surface area is 123 Å². The molecule has 3 rings (SSSR count). The standard InChI is InChI=1S/C17H15NO3/c1-11-5-3-4-6-15(11)18-16(19)9-12-7-8-13(21-2)10-14(12)17(18)20/h3-8,10H,9H2,1-2H3. The van der Waals surface area contributed by atoms with Crippen LogP contribution in [0.25, 0.3) is 0 Å². The fourth-order valence-corrected chi connectivity index (χ4v) is 2.57. The van der Waals surface area contributed by atoms with Crippen LogP contribution in [0.5, 0.6) is 5.75 Å². The summed E-state index contributed by atoms with van der Waals surface area (Å²) in [5.41, 5.74) is 2.80. The maximum Gasteiger partial charge on any atom is 0.265 e. The van der Waals surface area contributed by atoms with Crippen molar-refractivity contribution < 1.29 is 14.3 Å². The number of hydrogen-bond donors (Lipinski definition) is 0. The lowest BCUT2D eigenvalue weighted by molar-refractivity contribution is -0.117. The van der Waals surface area contributed by atoms with E-state index in [0.29, 0.717) is 17.0 Å². The number of aryl methyl sites for hydroxylation is 1. The van der Waals surface area contributed by atoms with Gasteiger partial charge in [-0.3, -0.25) is 9.59 Å². The average molecular weight is 281 g/mol. The van der Waals surface area contributed by atoms with Gasteiger partial charge in [0.25, 0.3) is 5.91 Å². The van der Waals surface area contributed by atoms with Crippen molar-refractivity contribution in [3.8, 4) is 5.75 Å². The van der Waals surface area contributed by atoms with Gasteiger partial charge in [0.05, 0.1) is 19.2 Å². The zero-order valence-corrected chi connectivity index (χ0v) is 11.9. The summed E-state index contributed by atoms with van der Waals surface area (Å²) in [5.74, 6) is 0.114. The topological polar surface area (TPSA) is 46.6 Å². The van der Waals surface area contributed by atoms with Gasteiger partial charge in [-0.05, 0) is 36.2 Å². The Bertz CT molecular complexity index is 737. The molecule has 1 aliphatic rings. The third kappa shape index (κ3) is 2.18. The summed E-state index contributed by atoms with van der Waals surface area (Å²) < 4.78 is 5.16. The van der Waals surface area contributed by atoms with Crippen molar-refractivity contribution in [3.63, 3.8) is 0 Å². The molecule has 1 heterocycles. The van der Waals surface area contributed by atoms with Crippen molar-refractivity contribution in [3.05, 3.63) is 59.2 Å². The lowest BCUT2D eigenvalue weighted by Crippen LogP contribution is -2.42. The summed E-state index contributed by atoms with van der Waals surface area (Å²) in [7, 11) is 1.55. The fraction of sp³-hybridized carbons (Fsp3) is 0.176. The van der Waals surface area contributed by atoms with E-state index in [2.05, 4.69) is 0 Å². The number of para-hydroxylation sites is 1. The highest BCUT2D eigenvalue weighted by atomic mass is 16.5. The minimum Gasteiger partial charge on any atom is -0.497 e. The number of benzene rings is 2. The molecule has 0 aliphatic carbocycles. The van der Waals surface area contributed by atoms with Crippen molar-refractivity contribution in [1.29, 1.82) is 0 Å². The van der Waals surface area contributed by atoms with E-state index in [4.69, 9.17) is 4.74 Å². The molecule has 0 spiro atoms. The number of hydrogen-bond acceptors (Lipinski definition) is 3.